The van der Waals surface area contributed by atoms with Gasteiger partial charge in [-0.1, -0.05) is 17.7 Å². The second-order valence-corrected chi connectivity index (χ2v) is 3.74. The molecule has 0 aliphatic carbocycles. The van der Waals surface area contributed by atoms with Crippen molar-refractivity contribution in [3.63, 3.8) is 0 Å². The Bertz CT molecular complexity index is 369. The summed E-state index contributed by atoms with van der Waals surface area (Å²) in [5.41, 5.74) is 6.99. The van der Waals surface area contributed by atoms with Crippen molar-refractivity contribution in [3.05, 3.63) is 28.8 Å². The molecule has 0 atom stereocenters. The van der Waals surface area contributed by atoms with Gasteiger partial charge in [0.2, 0.25) is 0 Å². The number of nitrogens with one attached hydrogen (secondary N) is 1. The Morgan fingerprint density at radius 2 is 2.12 bits per heavy atom. The predicted octanol–water partition coefficient (Wildman–Crippen LogP) is 2.31. The Kier molecular flexibility index (Phi) is 6.18. The third-order valence-corrected chi connectivity index (χ3v) is 2.28. The van der Waals surface area contributed by atoms with Crippen LogP contribution in [0.4, 0.5) is 10.5 Å². The maximum atomic E-state index is 11.3. The lowest BCUT2D eigenvalue weighted by atomic mass is 10.2. The van der Waals surface area contributed by atoms with Crippen LogP contribution in [0.15, 0.2) is 18.2 Å². The normalized spacial score (nSPS) is 9.25. The van der Waals surface area contributed by atoms with E-state index in [9.17, 15) is 4.79 Å². The summed E-state index contributed by atoms with van der Waals surface area (Å²) >= 11 is 5.95. The summed E-state index contributed by atoms with van der Waals surface area (Å²) in [6, 6.07) is 5.07. The van der Waals surface area contributed by atoms with E-state index in [0.29, 0.717) is 17.3 Å². The predicted molar refractivity (Wildman–Crippen MR) is 69.3 cm³/mol. The molecule has 0 radical (unpaired) electrons. The molecule has 6 heteroatoms. The van der Waals surface area contributed by atoms with Crippen LogP contribution in [0.1, 0.15) is 5.56 Å². The maximum absolute atomic E-state index is 11.3. The molecular formula is C10H15Cl2N3O. The van der Waals surface area contributed by atoms with E-state index in [1.54, 1.807) is 32.3 Å². The minimum atomic E-state index is -0.188. The number of amides is 2. The SMILES string of the molecule is CN(C)C(=O)Nc1ccc(CN)c(Cl)c1.Cl. The summed E-state index contributed by atoms with van der Waals surface area (Å²) in [6.07, 6.45) is 0. The molecule has 0 aliphatic heterocycles. The van der Waals surface area contributed by atoms with Crippen LogP contribution in [0, 0.1) is 0 Å². The molecule has 1 aromatic rings. The van der Waals surface area contributed by atoms with Crippen LogP contribution in [0.5, 0.6) is 0 Å². The smallest absolute Gasteiger partial charge is 0.321 e. The van der Waals surface area contributed by atoms with Crippen LogP contribution in [-0.2, 0) is 6.54 Å². The monoisotopic (exact) mass is 263 g/mol. The molecule has 2 amide bonds. The quantitative estimate of drug-likeness (QED) is 0.861. The summed E-state index contributed by atoms with van der Waals surface area (Å²) in [5.74, 6) is 0. The molecule has 4 nitrogen and oxygen atoms in total. The number of benzene rings is 1. The third kappa shape index (κ3) is 3.89. The summed E-state index contributed by atoms with van der Waals surface area (Å²) in [7, 11) is 3.34. The molecular weight excluding hydrogens is 249 g/mol. The number of carbonyl (C=O) groups is 1. The highest BCUT2D eigenvalue weighted by Crippen LogP contribution is 2.20. The van der Waals surface area contributed by atoms with Gasteiger partial charge in [-0.2, -0.15) is 0 Å². The largest absolute Gasteiger partial charge is 0.331 e. The van der Waals surface area contributed by atoms with Crippen molar-refractivity contribution in [2.75, 3.05) is 19.4 Å². The van der Waals surface area contributed by atoms with Gasteiger partial charge in [-0.3, -0.25) is 0 Å². The van der Waals surface area contributed by atoms with E-state index in [0.717, 1.165) is 5.56 Å². The topological polar surface area (TPSA) is 58.4 Å². The first-order valence-corrected chi connectivity index (χ1v) is 4.89. The Hall–Kier alpha value is -0.970. The van der Waals surface area contributed by atoms with Gasteiger partial charge < -0.3 is 16.0 Å². The lowest BCUT2D eigenvalue weighted by Gasteiger charge is -2.12. The van der Waals surface area contributed by atoms with Crippen LogP contribution in [0.25, 0.3) is 0 Å². The number of urea groups is 1. The van der Waals surface area contributed by atoms with E-state index < -0.39 is 0 Å². The molecule has 0 spiro atoms. The third-order valence-electron chi connectivity index (χ3n) is 1.93. The van der Waals surface area contributed by atoms with Crippen molar-refractivity contribution >= 4 is 35.7 Å². The van der Waals surface area contributed by atoms with Gasteiger partial charge in [-0.15, -0.1) is 12.4 Å². The maximum Gasteiger partial charge on any atom is 0.321 e. The van der Waals surface area contributed by atoms with E-state index in [1.165, 1.54) is 4.90 Å². The van der Waals surface area contributed by atoms with Crippen molar-refractivity contribution < 1.29 is 4.79 Å². The standard InChI is InChI=1S/C10H14ClN3O.ClH/c1-14(2)10(15)13-8-4-3-7(6-12)9(11)5-8;/h3-5H,6,12H2,1-2H3,(H,13,15);1H. The first-order valence-electron chi connectivity index (χ1n) is 4.51. The van der Waals surface area contributed by atoms with E-state index in [4.69, 9.17) is 17.3 Å². The second-order valence-electron chi connectivity index (χ2n) is 3.33. The lowest BCUT2D eigenvalue weighted by Crippen LogP contribution is -2.27. The average molecular weight is 264 g/mol. The second kappa shape index (κ2) is 6.58. The van der Waals surface area contributed by atoms with Crippen molar-refractivity contribution in [2.24, 2.45) is 5.73 Å². The van der Waals surface area contributed by atoms with Gasteiger partial charge in [0.05, 0.1) is 0 Å². The molecule has 1 aromatic carbocycles. The first kappa shape index (κ1) is 15.0. The Balaban J connectivity index is 0.00000225. The van der Waals surface area contributed by atoms with Crippen LogP contribution < -0.4 is 11.1 Å². The molecule has 0 aliphatic rings. The molecule has 0 bridgehead atoms. The van der Waals surface area contributed by atoms with Gasteiger partial charge in [0.1, 0.15) is 0 Å². The Morgan fingerprint density at radius 3 is 2.56 bits per heavy atom. The molecule has 0 aromatic heterocycles. The fourth-order valence-corrected chi connectivity index (χ4v) is 1.28. The summed E-state index contributed by atoms with van der Waals surface area (Å²) in [6.45, 7) is 0.390. The highest BCUT2D eigenvalue weighted by atomic mass is 35.5. The molecule has 0 fully saturated rings. The first-order chi connectivity index (χ1) is 7.04. The van der Waals surface area contributed by atoms with Gasteiger partial charge >= 0.3 is 6.03 Å². The van der Waals surface area contributed by atoms with Crippen molar-refractivity contribution in [3.8, 4) is 0 Å². The van der Waals surface area contributed by atoms with Crippen LogP contribution >= 0.6 is 24.0 Å². The molecule has 1 rings (SSSR count). The number of halogens is 2. The fourth-order valence-electron chi connectivity index (χ4n) is 1.03. The molecule has 0 saturated carbocycles. The van der Waals surface area contributed by atoms with Gasteiger partial charge in [0.25, 0.3) is 0 Å². The molecule has 0 heterocycles. The number of nitrogens with zero attached hydrogens (tertiary/aromatic N) is 1. The Morgan fingerprint density at radius 1 is 1.50 bits per heavy atom. The highest BCUT2D eigenvalue weighted by Gasteiger charge is 2.05. The number of hydrogen-bond donors (Lipinski definition) is 2. The van der Waals surface area contributed by atoms with Gasteiger partial charge in [0, 0.05) is 31.4 Å². The van der Waals surface area contributed by atoms with Crippen LogP contribution in [0.3, 0.4) is 0 Å². The minimum absolute atomic E-state index is 0. The summed E-state index contributed by atoms with van der Waals surface area (Å²) in [5, 5.41) is 3.26. The van der Waals surface area contributed by atoms with Crippen molar-refractivity contribution in [2.45, 2.75) is 6.54 Å². The van der Waals surface area contributed by atoms with Crippen molar-refractivity contribution in [1.82, 2.24) is 4.90 Å². The molecule has 3 N–H and O–H groups in total. The number of hydrogen-bond acceptors (Lipinski definition) is 2. The highest BCUT2D eigenvalue weighted by molar-refractivity contribution is 6.31. The van der Waals surface area contributed by atoms with Crippen molar-refractivity contribution in [1.29, 1.82) is 0 Å². The minimum Gasteiger partial charge on any atom is -0.331 e. The lowest BCUT2D eigenvalue weighted by molar-refractivity contribution is 0.230. The zero-order chi connectivity index (χ0) is 11.4. The molecule has 0 unspecified atom stereocenters. The summed E-state index contributed by atoms with van der Waals surface area (Å²) in [4.78, 5) is 12.8. The van der Waals surface area contributed by atoms with Crippen LogP contribution in [0.2, 0.25) is 5.02 Å². The van der Waals surface area contributed by atoms with E-state index >= 15 is 0 Å². The fraction of sp³-hybridized carbons (Fsp3) is 0.300. The number of anilines is 1. The zero-order valence-electron chi connectivity index (χ0n) is 9.16. The zero-order valence-corrected chi connectivity index (χ0v) is 10.7. The van der Waals surface area contributed by atoms with Crippen LogP contribution in [-0.4, -0.2) is 25.0 Å². The summed E-state index contributed by atoms with van der Waals surface area (Å²) < 4.78 is 0. The number of carbonyl (C=O) groups excluding carboxylic acids is 1. The molecule has 0 saturated heterocycles. The van der Waals surface area contributed by atoms with Gasteiger partial charge in [-0.25, -0.2) is 4.79 Å². The van der Waals surface area contributed by atoms with Gasteiger partial charge in [0.15, 0.2) is 0 Å². The number of nitrogens with two attached hydrogens (primary N) is 1. The van der Waals surface area contributed by atoms with E-state index in [2.05, 4.69) is 5.32 Å². The molecule has 90 valence electrons. The average Bonchev–Trinajstić information content (AvgIpc) is 2.18. The molecule has 16 heavy (non-hydrogen) atoms. The van der Waals surface area contributed by atoms with E-state index in [1.807, 2.05) is 0 Å². The van der Waals surface area contributed by atoms with Gasteiger partial charge in [-0.05, 0) is 17.7 Å². The van der Waals surface area contributed by atoms with E-state index in [-0.39, 0.29) is 18.4 Å². The Labute approximate surface area is 106 Å². The number of rotatable bonds is 2.